The van der Waals surface area contributed by atoms with E-state index in [-0.39, 0.29) is 11.5 Å². The summed E-state index contributed by atoms with van der Waals surface area (Å²) in [5, 5.41) is 18.4. The van der Waals surface area contributed by atoms with Gasteiger partial charge in [-0.2, -0.15) is 0 Å². The minimum absolute atomic E-state index is 0.0584. The molecule has 0 aliphatic heterocycles. The van der Waals surface area contributed by atoms with Crippen LogP contribution in [-0.2, 0) is 6.42 Å². The smallest absolute Gasteiger partial charge is 0.503 e. The molecule has 0 radical (unpaired) electrons. The second kappa shape index (κ2) is 5.37. The molecule has 0 fully saturated rings. The number of phenolic OH excluding ortho intramolecular Hbond substituents is 1. The summed E-state index contributed by atoms with van der Waals surface area (Å²) in [6, 6.07) is 0. The summed E-state index contributed by atoms with van der Waals surface area (Å²) in [7, 11) is 0. The van der Waals surface area contributed by atoms with Crippen molar-refractivity contribution < 1.29 is 19.7 Å². The van der Waals surface area contributed by atoms with Crippen molar-refractivity contribution >= 4 is 53.9 Å². The van der Waals surface area contributed by atoms with Crippen molar-refractivity contribution in [3.63, 3.8) is 0 Å². The number of aromatic hydroxyl groups is 1. The van der Waals surface area contributed by atoms with E-state index in [1.165, 1.54) is 0 Å². The summed E-state index contributed by atoms with van der Waals surface area (Å²) in [5.74, 6) is -0.300. The number of phenols is 1. The predicted octanol–water partition coefficient (Wildman–Crippen LogP) is 4.30. The van der Waals surface area contributed by atoms with Crippen LogP contribution in [0.25, 0.3) is 0 Å². The van der Waals surface area contributed by atoms with Crippen molar-refractivity contribution in [3.8, 4) is 11.5 Å². The normalized spacial score (nSPS) is 10.2. The fourth-order valence-electron chi connectivity index (χ4n) is 1.19. The van der Waals surface area contributed by atoms with Crippen molar-refractivity contribution in [1.29, 1.82) is 0 Å². The van der Waals surface area contributed by atoms with Crippen LogP contribution in [0.3, 0.4) is 0 Å². The van der Waals surface area contributed by atoms with Gasteiger partial charge >= 0.3 is 6.16 Å². The molecular weight excluding hydrogens is 412 g/mol. The lowest BCUT2D eigenvalue weighted by atomic mass is 10.1. The maximum absolute atomic E-state index is 10.5. The maximum atomic E-state index is 10.5. The highest BCUT2D eigenvalue weighted by atomic mass is 79.9. The van der Waals surface area contributed by atoms with Crippen LogP contribution >= 0.6 is 47.8 Å². The molecule has 1 aromatic carbocycles. The van der Waals surface area contributed by atoms with Crippen molar-refractivity contribution in [2.75, 3.05) is 0 Å². The molecule has 0 saturated heterocycles. The van der Waals surface area contributed by atoms with Crippen LogP contribution in [0.5, 0.6) is 11.5 Å². The van der Waals surface area contributed by atoms with Crippen LogP contribution in [0.1, 0.15) is 12.5 Å². The number of ether oxygens (including phenoxy) is 1. The van der Waals surface area contributed by atoms with E-state index < -0.39 is 6.16 Å². The summed E-state index contributed by atoms with van der Waals surface area (Å²) >= 11 is 9.70. The van der Waals surface area contributed by atoms with E-state index in [1.54, 1.807) is 0 Å². The van der Waals surface area contributed by atoms with Gasteiger partial charge in [-0.25, -0.2) is 4.79 Å². The van der Waals surface area contributed by atoms with Gasteiger partial charge in [-0.15, -0.1) is 0 Å². The second-order valence-electron chi connectivity index (χ2n) is 2.82. The third-order valence-corrected chi connectivity index (χ3v) is 5.39. The highest BCUT2D eigenvalue weighted by Gasteiger charge is 2.22. The highest BCUT2D eigenvalue weighted by molar-refractivity contribution is 9.14. The molecule has 0 unspecified atom stereocenters. The van der Waals surface area contributed by atoms with Gasteiger partial charge in [0.1, 0.15) is 0 Å². The summed E-state index contributed by atoms with van der Waals surface area (Å²) in [6.07, 6.45) is -0.950. The minimum Gasteiger partial charge on any atom is -0.503 e. The lowest BCUT2D eigenvalue weighted by Gasteiger charge is -2.14. The molecule has 1 rings (SSSR count). The monoisotopic (exact) mass is 416 g/mol. The second-order valence-corrected chi connectivity index (χ2v) is 5.20. The third kappa shape index (κ3) is 2.52. The van der Waals surface area contributed by atoms with Crippen molar-refractivity contribution in [2.45, 2.75) is 13.3 Å². The molecule has 0 saturated carbocycles. The number of carboxylic acid groups (broad SMARTS) is 1. The highest BCUT2D eigenvalue weighted by Crippen LogP contribution is 2.47. The molecule has 0 spiro atoms. The van der Waals surface area contributed by atoms with Gasteiger partial charge in [0.25, 0.3) is 0 Å². The van der Waals surface area contributed by atoms with Crippen LogP contribution in [0.15, 0.2) is 13.4 Å². The third-order valence-electron chi connectivity index (χ3n) is 1.89. The summed E-state index contributed by atoms with van der Waals surface area (Å²) in [5.41, 5.74) is 0.579. The molecule has 0 atom stereocenters. The molecule has 4 nitrogen and oxygen atoms in total. The lowest BCUT2D eigenvalue weighted by molar-refractivity contribution is 0.142. The minimum atomic E-state index is -1.47. The Morgan fingerprint density at radius 2 is 1.81 bits per heavy atom. The van der Waals surface area contributed by atoms with Gasteiger partial charge in [-0.05, 0) is 54.2 Å². The van der Waals surface area contributed by atoms with Crippen molar-refractivity contribution in [2.24, 2.45) is 0 Å². The van der Waals surface area contributed by atoms with Crippen LogP contribution in [0.2, 0.25) is 0 Å². The van der Waals surface area contributed by atoms with E-state index in [0.717, 1.165) is 0 Å². The number of rotatable bonds is 2. The molecule has 88 valence electrons. The summed E-state index contributed by atoms with van der Waals surface area (Å²) in [6.45, 7) is 1.83. The van der Waals surface area contributed by atoms with E-state index in [2.05, 4.69) is 52.5 Å². The Kier molecular flexibility index (Phi) is 4.63. The summed E-state index contributed by atoms with van der Waals surface area (Å²) in [4.78, 5) is 10.5. The van der Waals surface area contributed by atoms with Gasteiger partial charge in [0.15, 0.2) is 11.5 Å². The summed E-state index contributed by atoms with van der Waals surface area (Å²) < 4.78 is 6.17. The lowest BCUT2D eigenvalue weighted by Crippen LogP contribution is -2.06. The fraction of sp³-hybridized carbons (Fsp3) is 0.222. The zero-order valence-corrected chi connectivity index (χ0v) is 12.8. The Morgan fingerprint density at radius 3 is 2.25 bits per heavy atom. The average molecular weight is 419 g/mol. The molecule has 2 N–H and O–H groups in total. The first-order chi connectivity index (χ1) is 7.40. The van der Waals surface area contributed by atoms with Gasteiger partial charge in [0.05, 0.1) is 8.95 Å². The Morgan fingerprint density at radius 1 is 1.25 bits per heavy atom. The molecule has 0 amide bonds. The van der Waals surface area contributed by atoms with E-state index in [9.17, 15) is 9.90 Å². The van der Waals surface area contributed by atoms with E-state index in [0.29, 0.717) is 25.4 Å². The fourth-order valence-corrected chi connectivity index (χ4v) is 2.92. The molecule has 0 bridgehead atoms. The number of benzene rings is 1. The predicted molar refractivity (Wildman–Crippen MR) is 69.2 cm³/mol. The van der Waals surface area contributed by atoms with Gasteiger partial charge in [-0.3, -0.25) is 0 Å². The van der Waals surface area contributed by atoms with Crippen molar-refractivity contribution in [3.05, 3.63) is 19.0 Å². The quantitative estimate of drug-likeness (QED) is 0.427. The van der Waals surface area contributed by atoms with Crippen LogP contribution in [-0.4, -0.2) is 16.4 Å². The Balaban J connectivity index is 3.50. The van der Waals surface area contributed by atoms with Gasteiger partial charge in [-0.1, -0.05) is 6.92 Å². The molecule has 0 heterocycles. The standard InChI is InChI=1S/C9H7Br3O4/c1-2-3-4(10)5(11)6(12)7(13)8(3)16-9(14)15/h13H,2H2,1H3,(H,14,15). The van der Waals surface area contributed by atoms with Crippen LogP contribution in [0.4, 0.5) is 4.79 Å². The Labute approximate surface area is 117 Å². The molecule has 0 aromatic heterocycles. The molecule has 0 aliphatic carbocycles. The largest absolute Gasteiger partial charge is 0.511 e. The molecule has 7 heteroatoms. The van der Waals surface area contributed by atoms with E-state index >= 15 is 0 Å². The van der Waals surface area contributed by atoms with E-state index in [1.807, 2.05) is 6.92 Å². The Bertz CT molecular complexity index is 445. The number of halogens is 3. The van der Waals surface area contributed by atoms with Crippen LogP contribution in [0, 0.1) is 0 Å². The topological polar surface area (TPSA) is 66.8 Å². The zero-order valence-electron chi connectivity index (χ0n) is 8.05. The van der Waals surface area contributed by atoms with Crippen LogP contribution < -0.4 is 4.74 Å². The number of carbonyl (C=O) groups is 1. The molecule has 1 aromatic rings. The van der Waals surface area contributed by atoms with Gasteiger partial charge in [0, 0.05) is 10.0 Å². The number of hydrogen-bond donors (Lipinski definition) is 2. The molecule has 0 aliphatic rings. The first kappa shape index (κ1) is 13.8. The first-order valence-corrected chi connectivity index (χ1v) is 6.57. The first-order valence-electron chi connectivity index (χ1n) is 4.19. The van der Waals surface area contributed by atoms with E-state index in [4.69, 9.17) is 5.11 Å². The number of hydrogen-bond acceptors (Lipinski definition) is 3. The molecule has 16 heavy (non-hydrogen) atoms. The molecular formula is C9H7Br3O4. The zero-order chi connectivity index (χ0) is 12.5. The maximum Gasteiger partial charge on any atom is 0.511 e. The van der Waals surface area contributed by atoms with Gasteiger partial charge in [0.2, 0.25) is 0 Å². The van der Waals surface area contributed by atoms with Crippen molar-refractivity contribution in [1.82, 2.24) is 0 Å². The van der Waals surface area contributed by atoms with Gasteiger partial charge < -0.3 is 14.9 Å². The average Bonchev–Trinajstić information content (AvgIpc) is 2.23. The SMILES string of the molecule is CCc1c(Br)c(Br)c(Br)c(O)c1OC(=O)O. The Hall–Kier alpha value is -0.270.